The van der Waals surface area contributed by atoms with E-state index in [-0.39, 0.29) is 0 Å². The van der Waals surface area contributed by atoms with E-state index in [2.05, 4.69) is 31.0 Å². The highest BCUT2D eigenvalue weighted by molar-refractivity contribution is 5.58. The van der Waals surface area contributed by atoms with Gasteiger partial charge in [-0.3, -0.25) is 0 Å². The van der Waals surface area contributed by atoms with E-state index in [0.29, 0.717) is 0 Å². The van der Waals surface area contributed by atoms with Crippen LogP contribution >= 0.6 is 0 Å². The van der Waals surface area contributed by atoms with Gasteiger partial charge < -0.3 is 19.9 Å². The van der Waals surface area contributed by atoms with Crippen LogP contribution in [0.3, 0.4) is 0 Å². The number of aryl methyl sites for hydroxylation is 1. The summed E-state index contributed by atoms with van der Waals surface area (Å²) in [4.78, 5) is 2.46. The van der Waals surface area contributed by atoms with Crippen LogP contribution in [-0.4, -0.2) is 58.0 Å². The van der Waals surface area contributed by atoms with E-state index in [0.717, 1.165) is 36.4 Å². The maximum Gasteiger partial charge on any atom is 0.102 e. The number of ether oxygens (including phenoxy) is 1. The summed E-state index contributed by atoms with van der Waals surface area (Å²) in [5, 5.41) is 0. The van der Waals surface area contributed by atoms with Crippen molar-refractivity contribution < 1.29 is 9.22 Å². The van der Waals surface area contributed by atoms with Crippen LogP contribution in [0.15, 0.2) is 18.2 Å². The smallest absolute Gasteiger partial charge is 0.102 e. The Balaban J connectivity index is 1.97. The zero-order valence-corrected chi connectivity index (χ0v) is 12.4. The zero-order valence-electron chi connectivity index (χ0n) is 12.4. The molecule has 0 aromatic heterocycles. The van der Waals surface area contributed by atoms with Crippen molar-refractivity contribution in [2.45, 2.75) is 6.92 Å². The van der Waals surface area contributed by atoms with Gasteiger partial charge in [0.2, 0.25) is 0 Å². The fourth-order valence-electron chi connectivity index (χ4n) is 2.60. The van der Waals surface area contributed by atoms with Gasteiger partial charge in [-0.25, -0.2) is 0 Å². The first-order chi connectivity index (χ1) is 9.04. The van der Waals surface area contributed by atoms with Crippen LogP contribution in [0.5, 0.6) is 0 Å². The molecule has 1 aliphatic rings. The number of anilines is 2. The first-order valence-corrected chi connectivity index (χ1v) is 6.98. The summed E-state index contributed by atoms with van der Waals surface area (Å²) in [6.07, 6.45) is 0. The van der Waals surface area contributed by atoms with Crippen LogP contribution in [0.2, 0.25) is 0 Å². The highest BCUT2D eigenvalue weighted by Crippen LogP contribution is 2.23. The molecule has 0 atom stereocenters. The third-order valence-electron chi connectivity index (χ3n) is 4.27. The molecule has 19 heavy (non-hydrogen) atoms. The Labute approximate surface area is 116 Å². The number of piperazine rings is 1. The molecule has 1 saturated heterocycles. The summed E-state index contributed by atoms with van der Waals surface area (Å²) < 4.78 is 6.32. The summed E-state index contributed by atoms with van der Waals surface area (Å²) in [6, 6.07) is 6.34. The van der Waals surface area contributed by atoms with E-state index in [1.165, 1.54) is 24.3 Å². The average molecular weight is 264 g/mol. The highest BCUT2D eigenvalue weighted by Gasteiger charge is 2.28. The number of hydrogen-bond donors (Lipinski definition) is 1. The lowest BCUT2D eigenvalue weighted by Crippen LogP contribution is -2.58. The molecule has 1 fully saturated rings. The quantitative estimate of drug-likeness (QED) is 0.661. The summed E-state index contributed by atoms with van der Waals surface area (Å²) in [5.41, 5.74) is 9.22. The van der Waals surface area contributed by atoms with Gasteiger partial charge in [0.1, 0.15) is 6.54 Å². The fourth-order valence-corrected chi connectivity index (χ4v) is 2.60. The van der Waals surface area contributed by atoms with Gasteiger partial charge in [0.25, 0.3) is 0 Å². The van der Waals surface area contributed by atoms with E-state index in [1.807, 2.05) is 6.07 Å². The first kappa shape index (κ1) is 14.2. The second-order valence-electron chi connectivity index (χ2n) is 5.81. The lowest BCUT2D eigenvalue weighted by Gasteiger charge is -2.42. The van der Waals surface area contributed by atoms with Gasteiger partial charge in [-0.1, -0.05) is 0 Å². The molecule has 1 aromatic rings. The van der Waals surface area contributed by atoms with Crippen molar-refractivity contribution in [2.24, 2.45) is 0 Å². The van der Waals surface area contributed by atoms with Crippen molar-refractivity contribution >= 4 is 11.4 Å². The molecular formula is C15H26N3O+. The molecule has 2 N–H and O–H groups in total. The molecule has 0 spiro atoms. The molecule has 0 saturated carbocycles. The van der Waals surface area contributed by atoms with Crippen molar-refractivity contribution in [1.29, 1.82) is 0 Å². The number of likely N-dealkylation sites (N-methyl/N-ethyl adjacent to an activating group) is 1. The monoisotopic (exact) mass is 264 g/mol. The molecule has 106 valence electrons. The molecule has 0 bridgehead atoms. The minimum Gasteiger partial charge on any atom is -0.399 e. The Morgan fingerprint density at radius 3 is 2.58 bits per heavy atom. The number of hydrogen-bond acceptors (Lipinski definition) is 3. The number of benzene rings is 1. The Bertz CT molecular complexity index is 425. The normalized spacial score (nSPS) is 18.6. The fraction of sp³-hybridized carbons (Fsp3) is 0.600. The number of nitrogens with two attached hydrogens (primary N) is 1. The van der Waals surface area contributed by atoms with Crippen molar-refractivity contribution in [3.8, 4) is 0 Å². The minimum absolute atomic E-state index is 0.845. The van der Waals surface area contributed by atoms with Crippen molar-refractivity contribution in [3.05, 3.63) is 23.8 Å². The standard InChI is InChI=1S/C15H26N3O/c1-13-12-14(4-5-15(13)16)17-6-8-18(2,9-7-17)10-11-19-3/h4-5,12H,6-11,16H2,1-3H3/q+1. The van der Waals surface area contributed by atoms with Gasteiger partial charge in [0, 0.05) is 18.5 Å². The van der Waals surface area contributed by atoms with Crippen LogP contribution in [0.1, 0.15) is 5.56 Å². The topological polar surface area (TPSA) is 38.5 Å². The van der Waals surface area contributed by atoms with E-state index in [1.54, 1.807) is 7.11 Å². The maximum absolute atomic E-state index is 5.88. The van der Waals surface area contributed by atoms with Gasteiger partial charge in [-0.2, -0.15) is 0 Å². The predicted octanol–water partition coefficient (Wildman–Crippen LogP) is 1.49. The third kappa shape index (κ3) is 3.39. The van der Waals surface area contributed by atoms with Gasteiger partial charge >= 0.3 is 0 Å². The first-order valence-electron chi connectivity index (χ1n) is 6.98. The van der Waals surface area contributed by atoms with E-state index >= 15 is 0 Å². The highest BCUT2D eigenvalue weighted by atomic mass is 16.5. The second kappa shape index (κ2) is 5.80. The zero-order chi connectivity index (χ0) is 13.9. The van der Waals surface area contributed by atoms with E-state index in [4.69, 9.17) is 10.5 Å². The Kier molecular flexibility index (Phi) is 4.32. The van der Waals surface area contributed by atoms with Crippen LogP contribution in [0, 0.1) is 6.92 Å². The summed E-state index contributed by atoms with van der Waals surface area (Å²) in [6.45, 7) is 8.57. The number of nitrogens with zero attached hydrogens (tertiary/aromatic N) is 2. The molecule has 4 heteroatoms. The molecule has 1 aromatic carbocycles. The molecule has 0 radical (unpaired) electrons. The number of quaternary nitrogens is 1. The summed E-state index contributed by atoms with van der Waals surface area (Å²) in [5.74, 6) is 0. The van der Waals surface area contributed by atoms with Gasteiger partial charge in [-0.15, -0.1) is 0 Å². The van der Waals surface area contributed by atoms with Crippen LogP contribution < -0.4 is 10.6 Å². The maximum atomic E-state index is 5.88. The summed E-state index contributed by atoms with van der Waals surface area (Å²) in [7, 11) is 4.10. The Hall–Kier alpha value is -1.26. The van der Waals surface area contributed by atoms with Crippen LogP contribution in [0.4, 0.5) is 11.4 Å². The largest absolute Gasteiger partial charge is 0.399 e. The molecule has 0 aliphatic carbocycles. The van der Waals surface area contributed by atoms with Crippen molar-refractivity contribution in [2.75, 3.05) is 64.1 Å². The lowest BCUT2D eigenvalue weighted by molar-refractivity contribution is -0.910. The number of methoxy groups -OCH3 is 1. The predicted molar refractivity (Wildman–Crippen MR) is 80.5 cm³/mol. The van der Waals surface area contributed by atoms with E-state index in [9.17, 15) is 0 Å². The average Bonchev–Trinajstić information content (AvgIpc) is 2.41. The molecule has 2 rings (SSSR count). The van der Waals surface area contributed by atoms with E-state index < -0.39 is 0 Å². The Morgan fingerprint density at radius 1 is 1.32 bits per heavy atom. The third-order valence-corrected chi connectivity index (χ3v) is 4.27. The van der Waals surface area contributed by atoms with Crippen LogP contribution in [0.25, 0.3) is 0 Å². The minimum atomic E-state index is 0.845. The molecule has 0 amide bonds. The van der Waals surface area contributed by atoms with Crippen LogP contribution in [-0.2, 0) is 4.74 Å². The summed E-state index contributed by atoms with van der Waals surface area (Å²) >= 11 is 0. The Morgan fingerprint density at radius 2 is 2.00 bits per heavy atom. The molecule has 0 unspecified atom stereocenters. The second-order valence-corrected chi connectivity index (χ2v) is 5.81. The lowest BCUT2D eigenvalue weighted by atomic mass is 10.1. The molecule has 1 heterocycles. The van der Waals surface area contributed by atoms with Gasteiger partial charge in [0.15, 0.2) is 0 Å². The number of rotatable bonds is 4. The van der Waals surface area contributed by atoms with Gasteiger partial charge in [0.05, 0.1) is 39.8 Å². The van der Waals surface area contributed by atoms with Crippen molar-refractivity contribution in [3.63, 3.8) is 0 Å². The van der Waals surface area contributed by atoms with Crippen molar-refractivity contribution in [1.82, 2.24) is 0 Å². The molecular weight excluding hydrogens is 238 g/mol. The molecule has 1 aliphatic heterocycles. The SMILES string of the molecule is COCC[N+]1(C)CCN(c2ccc(N)c(C)c2)CC1. The molecule has 4 nitrogen and oxygen atoms in total. The van der Waals surface area contributed by atoms with Gasteiger partial charge in [-0.05, 0) is 30.7 Å². The number of nitrogen functional groups attached to an aromatic ring is 1.